The van der Waals surface area contributed by atoms with Crippen molar-refractivity contribution in [3.63, 3.8) is 0 Å². The second-order valence-corrected chi connectivity index (χ2v) is 4.92. The van der Waals surface area contributed by atoms with Crippen molar-refractivity contribution in [3.8, 4) is 0 Å². The van der Waals surface area contributed by atoms with Gasteiger partial charge in [-0.15, -0.1) is 0 Å². The molecule has 0 saturated carbocycles. The van der Waals surface area contributed by atoms with E-state index in [1.165, 1.54) is 12.3 Å². The highest BCUT2D eigenvalue weighted by atomic mass is 16.5. The molecular formula is C14H20N2O3. The van der Waals surface area contributed by atoms with Crippen molar-refractivity contribution in [1.82, 2.24) is 9.88 Å². The fraction of sp³-hybridized carbons (Fsp3) is 0.571. The van der Waals surface area contributed by atoms with Gasteiger partial charge < -0.3 is 14.6 Å². The molecule has 1 aromatic rings. The van der Waals surface area contributed by atoms with Crippen molar-refractivity contribution in [1.29, 1.82) is 0 Å². The summed E-state index contributed by atoms with van der Waals surface area (Å²) in [6.07, 6.45) is 3.48. The van der Waals surface area contributed by atoms with Crippen molar-refractivity contribution in [2.45, 2.75) is 19.8 Å². The van der Waals surface area contributed by atoms with Gasteiger partial charge in [0.05, 0.1) is 12.2 Å². The van der Waals surface area contributed by atoms with Crippen LogP contribution in [0.5, 0.6) is 0 Å². The first-order chi connectivity index (χ1) is 9.20. The Morgan fingerprint density at radius 1 is 1.53 bits per heavy atom. The average Bonchev–Trinajstić information content (AvgIpc) is 2.88. The average molecular weight is 264 g/mol. The minimum Gasteiger partial charge on any atom is -0.381 e. The van der Waals surface area contributed by atoms with Gasteiger partial charge in [-0.2, -0.15) is 0 Å². The molecule has 0 aliphatic carbocycles. The lowest BCUT2D eigenvalue weighted by Crippen LogP contribution is -2.29. The van der Waals surface area contributed by atoms with Crippen molar-refractivity contribution >= 4 is 5.91 Å². The number of rotatable bonds is 5. The van der Waals surface area contributed by atoms with Gasteiger partial charge in [0.25, 0.3) is 5.91 Å². The fourth-order valence-electron chi connectivity index (χ4n) is 2.27. The Kier molecular flexibility index (Phi) is 4.74. The Morgan fingerprint density at radius 3 is 3.05 bits per heavy atom. The van der Waals surface area contributed by atoms with E-state index in [1.54, 1.807) is 6.07 Å². The van der Waals surface area contributed by atoms with Crippen LogP contribution in [0.1, 0.15) is 30.1 Å². The molecule has 19 heavy (non-hydrogen) atoms. The zero-order chi connectivity index (χ0) is 13.7. The van der Waals surface area contributed by atoms with Gasteiger partial charge in [0.2, 0.25) is 5.56 Å². The van der Waals surface area contributed by atoms with E-state index in [4.69, 9.17) is 4.74 Å². The fourth-order valence-corrected chi connectivity index (χ4v) is 2.27. The summed E-state index contributed by atoms with van der Waals surface area (Å²) < 4.78 is 5.53. The number of likely N-dealkylation sites (tertiary alicyclic amines) is 1. The highest BCUT2D eigenvalue weighted by molar-refractivity contribution is 5.94. The van der Waals surface area contributed by atoms with Gasteiger partial charge in [-0.25, -0.2) is 0 Å². The molecule has 104 valence electrons. The molecule has 1 fully saturated rings. The topological polar surface area (TPSA) is 62.4 Å². The number of aromatic amines is 1. The SMILES string of the molecule is CCCOCC1CCN(C(=O)c2ccc(=O)[nH]c2)C1. The quantitative estimate of drug-likeness (QED) is 0.814. The van der Waals surface area contributed by atoms with Crippen LogP contribution in [0.3, 0.4) is 0 Å². The first-order valence-electron chi connectivity index (χ1n) is 6.76. The number of ether oxygens (including phenoxy) is 1. The van der Waals surface area contributed by atoms with Gasteiger partial charge in [-0.3, -0.25) is 9.59 Å². The van der Waals surface area contributed by atoms with Crippen LogP contribution in [0.15, 0.2) is 23.1 Å². The number of pyridine rings is 1. The molecule has 0 aromatic carbocycles. The molecule has 2 heterocycles. The lowest BCUT2D eigenvalue weighted by molar-refractivity contribution is 0.0754. The number of H-pyrrole nitrogens is 1. The maximum absolute atomic E-state index is 12.2. The van der Waals surface area contributed by atoms with Crippen molar-refractivity contribution in [2.75, 3.05) is 26.3 Å². The second-order valence-electron chi connectivity index (χ2n) is 4.92. The molecule has 1 N–H and O–H groups in total. The molecule has 1 aliphatic rings. The zero-order valence-corrected chi connectivity index (χ0v) is 11.2. The third-order valence-electron chi connectivity index (χ3n) is 3.31. The van der Waals surface area contributed by atoms with Gasteiger partial charge in [0, 0.05) is 37.9 Å². The maximum Gasteiger partial charge on any atom is 0.255 e. The van der Waals surface area contributed by atoms with E-state index < -0.39 is 0 Å². The Labute approximate surface area is 112 Å². The van der Waals surface area contributed by atoms with Gasteiger partial charge in [0.15, 0.2) is 0 Å². The number of amides is 1. The van der Waals surface area contributed by atoms with E-state index in [9.17, 15) is 9.59 Å². The smallest absolute Gasteiger partial charge is 0.255 e. The van der Waals surface area contributed by atoms with Gasteiger partial charge in [0.1, 0.15) is 0 Å². The molecule has 1 amide bonds. The lowest BCUT2D eigenvalue weighted by atomic mass is 10.1. The molecule has 1 aromatic heterocycles. The number of carbonyl (C=O) groups excluding carboxylic acids is 1. The lowest BCUT2D eigenvalue weighted by Gasteiger charge is -2.16. The second kappa shape index (κ2) is 6.52. The normalized spacial score (nSPS) is 18.8. The van der Waals surface area contributed by atoms with Crippen LogP contribution in [0.2, 0.25) is 0 Å². The van der Waals surface area contributed by atoms with E-state index in [0.29, 0.717) is 11.5 Å². The molecule has 2 rings (SSSR count). The Bertz CT molecular complexity index is 463. The summed E-state index contributed by atoms with van der Waals surface area (Å²) in [5, 5.41) is 0. The van der Waals surface area contributed by atoms with E-state index in [0.717, 1.165) is 39.1 Å². The van der Waals surface area contributed by atoms with E-state index in [2.05, 4.69) is 11.9 Å². The summed E-state index contributed by atoms with van der Waals surface area (Å²) >= 11 is 0. The summed E-state index contributed by atoms with van der Waals surface area (Å²) in [7, 11) is 0. The Hall–Kier alpha value is -1.62. The molecule has 5 heteroatoms. The third-order valence-corrected chi connectivity index (χ3v) is 3.31. The number of hydrogen-bond acceptors (Lipinski definition) is 3. The van der Waals surface area contributed by atoms with E-state index >= 15 is 0 Å². The van der Waals surface area contributed by atoms with Crippen molar-refractivity contribution in [2.24, 2.45) is 5.92 Å². The first-order valence-corrected chi connectivity index (χ1v) is 6.76. The number of hydrogen-bond donors (Lipinski definition) is 1. The minimum absolute atomic E-state index is 0.0192. The summed E-state index contributed by atoms with van der Waals surface area (Å²) in [6, 6.07) is 2.95. The number of nitrogens with one attached hydrogen (secondary N) is 1. The summed E-state index contributed by atoms with van der Waals surface area (Å²) in [6.45, 7) is 5.09. The Balaban J connectivity index is 1.88. The third kappa shape index (κ3) is 3.67. The zero-order valence-electron chi connectivity index (χ0n) is 11.2. The molecule has 1 aliphatic heterocycles. The maximum atomic E-state index is 12.2. The van der Waals surface area contributed by atoms with Crippen LogP contribution in [0.25, 0.3) is 0 Å². The van der Waals surface area contributed by atoms with Crippen molar-refractivity contribution < 1.29 is 9.53 Å². The monoisotopic (exact) mass is 264 g/mol. The molecule has 1 atom stereocenters. The van der Waals surface area contributed by atoms with Crippen LogP contribution in [-0.4, -0.2) is 42.1 Å². The van der Waals surface area contributed by atoms with Crippen LogP contribution in [0.4, 0.5) is 0 Å². The number of nitrogens with zero attached hydrogens (tertiary/aromatic N) is 1. The standard InChI is InChI=1S/C14H20N2O3/c1-2-7-19-10-11-5-6-16(9-11)14(18)12-3-4-13(17)15-8-12/h3-4,8,11H,2,5-7,9-10H2,1H3,(H,15,17). The molecular weight excluding hydrogens is 244 g/mol. The van der Waals surface area contributed by atoms with Crippen LogP contribution < -0.4 is 5.56 Å². The summed E-state index contributed by atoms with van der Waals surface area (Å²) in [4.78, 5) is 27.5. The van der Waals surface area contributed by atoms with Crippen LogP contribution in [0, 0.1) is 5.92 Å². The molecule has 0 spiro atoms. The predicted octanol–water partition coefficient (Wildman–Crippen LogP) is 1.26. The highest BCUT2D eigenvalue weighted by Gasteiger charge is 2.26. The Morgan fingerprint density at radius 2 is 2.37 bits per heavy atom. The number of carbonyl (C=O) groups is 1. The largest absolute Gasteiger partial charge is 0.381 e. The summed E-state index contributed by atoms with van der Waals surface area (Å²) in [5.41, 5.74) is 0.346. The molecule has 5 nitrogen and oxygen atoms in total. The van der Waals surface area contributed by atoms with Crippen LogP contribution in [-0.2, 0) is 4.74 Å². The van der Waals surface area contributed by atoms with E-state index in [-0.39, 0.29) is 11.5 Å². The first kappa shape index (κ1) is 13.8. The number of aromatic nitrogens is 1. The van der Waals surface area contributed by atoms with Gasteiger partial charge in [-0.05, 0) is 18.9 Å². The summed E-state index contributed by atoms with van der Waals surface area (Å²) in [5.74, 6) is 0.410. The highest BCUT2D eigenvalue weighted by Crippen LogP contribution is 2.18. The predicted molar refractivity (Wildman–Crippen MR) is 72.2 cm³/mol. The molecule has 1 saturated heterocycles. The molecule has 0 bridgehead atoms. The van der Waals surface area contributed by atoms with E-state index in [1.807, 2.05) is 4.90 Å². The minimum atomic E-state index is -0.191. The van der Waals surface area contributed by atoms with Crippen LogP contribution >= 0.6 is 0 Å². The van der Waals surface area contributed by atoms with Gasteiger partial charge >= 0.3 is 0 Å². The van der Waals surface area contributed by atoms with Crippen molar-refractivity contribution in [3.05, 3.63) is 34.2 Å². The van der Waals surface area contributed by atoms with Gasteiger partial charge in [-0.1, -0.05) is 6.92 Å². The molecule has 0 radical (unpaired) electrons. The molecule has 1 unspecified atom stereocenters.